The Bertz CT molecular complexity index is 559. The van der Waals surface area contributed by atoms with Crippen molar-refractivity contribution in [1.29, 1.82) is 0 Å². The van der Waals surface area contributed by atoms with E-state index < -0.39 is 10.0 Å². The van der Waals surface area contributed by atoms with Crippen LogP contribution in [0.25, 0.3) is 0 Å². The highest BCUT2D eigenvalue weighted by molar-refractivity contribution is 9.11. The molecule has 0 spiro atoms. The number of nitrogens with zero attached hydrogens (tertiary/aromatic N) is 1. The Labute approximate surface area is 137 Å². The van der Waals surface area contributed by atoms with Gasteiger partial charge in [0.1, 0.15) is 4.90 Å². The molecule has 1 aliphatic rings. The van der Waals surface area contributed by atoms with Crippen LogP contribution in [0.15, 0.2) is 26.0 Å². The molecular weight excluding hydrogens is 408 g/mol. The van der Waals surface area contributed by atoms with Gasteiger partial charge in [0, 0.05) is 22.0 Å². The Hall–Kier alpha value is -0.110. The van der Waals surface area contributed by atoms with E-state index >= 15 is 0 Å². The van der Waals surface area contributed by atoms with E-state index in [1.807, 2.05) is 0 Å². The zero-order chi connectivity index (χ0) is 14.8. The first-order chi connectivity index (χ1) is 9.43. The van der Waals surface area contributed by atoms with Gasteiger partial charge in [-0.15, -0.1) is 0 Å². The highest BCUT2D eigenvalue weighted by atomic mass is 79.9. The summed E-state index contributed by atoms with van der Waals surface area (Å²) in [6, 6.07) is 3.34. The summed E-state index contributed by atoms with van der Waals surface area (Å²) in [5.74, 6) is 0. The molecule has 0 aliphatic carbocycles. The van der Waals surface area contributed by atoms with Crippen LogP contribution in [0.4, 0.5) is 5.69 Å². The lowest BCUT2D eigenvalue weighted by molar-refractivity contribution is 0.364. The maximum atomic E-state index is 12.8. The summed E-state index contributed by atoms with van der Waals surface area (Å²) in [5, 5.41) is 0. The number of nitrogens with two attached hydrogens (primary N) is 1. The van der Waals surface area contributed by atoms with E-state index in [1.165, 1.54) is 6.42 Å². The summed E-state index contributed by atoms with van der Waals surface area (Å²) in [5.41, 5.74) is 6.19. The van der Waals surface area contributed by atoms with Gasteiger partial charge >= 0.3 is 0 Å². The van der Waals surface area contributed by atoms with Gasteiger partial charge < -0.3 is 5.73 Å². The monoisotopic (exact) mass is 424 g/mol. The molecule has 0 saturated carbocycles. The van der Waals surface area contributed by atoms with E-state index in [0.717, 1.165) is 30.2 Å². The molecule has 4 nitrogen and oxygen atoms in total. The Morgan fingerprint density at radius 2 is 1.55 bits per heavy atom. The van der Waals surface area contributed by atoms with Gasteiger partial charge in [-0.3, -0.25) is 0 Å². The molecule has 1 heterocycles. The maximum Gasteiger partial charge on any atom is 0.246 e. The Morgan fingerprint density at radius 1 is 1.00 bits per heavy atom. The second-order valence-corrected chi connectivity index (χ2v) is 8.62. The molecular formula is C13H18Br2N2O2S. The Morgan fingerprint density at radius 3 is 2.10 bits per heavy atom. The van der Waals surface area contributed by atoms with Crippen LogP contribution in [0.2, 0.25) is 0 Å². The minimum Gasteiger partial charge on any atom is -0.398 e. The minimum atomic E-state index is -3.54. The molecule has 7 heteroatoms. The van der Waals surface area contributed by atoms with Crippen molar-refractivity contribution in [2.75, 3.05) is 18.8 Å². The molecule has 1 fully saturated rings. The standard InChI is InChI=1S/C13H18Br2N2O2S/c14-10-8-11(15)13(12(16)9-10)20(18,19)17-6-4-2-1-3-5-7-17/h8-9H,1-7,16H2. The van der Waals surface area contributed by atoms with Crippen LogP contribution in [-0.2, 0) is 10.0 Å². The number of sulfonamides is 1. The summed E-state index contributed by atoms with van der Waals surface area (Å²) in [6.45, 7) is 1.15. The SMILES string of the molecule is Nc1cc(Br)cc(Br)c1S(=O)(=O)N1CCCCCCC1. The van der Waals surface area contributed by atoms with E-state index in [-0.39, 0.29) is 10.6 Å². The van der Waals surface area contributed by atoms with Crippen LogP contribution in [0.3, 0.4) is 0 Å². The third-order valence-corrected chi connectivity index (χ3v) is 6.81. The predicted octanol–water partition coefficient (Wildman–Crippen LogP) is 3.75. The van der Waals surface area contributed by atoms with Crippen LogP contribution in [0, 0.1) is 0 Å². The molecule has 2 N–H and O–H groups in total. The number of anilines is 1. The molecule has 0 radical (unpaired) electrons. The van der Waals surface area contributed by atoms with Gasteiger partial charge in [-0.25, -0.2) is 8.42 Å². The maximum absolute atomic E-state index is 12.8. The number of hydrogen-bond donors (Lipinski definition) is 1. The summed E-state index contributed by atoms with van der Waals surface area (Å²) < 4.78 is 28.4. The summed E-state index contributed by atoms with van der Waals surface area (Å²) in [6.07, 6.45) is 5.19. The lowest BCUT2D eigenvalue weighted by Crippen LogP contribution is -2.34. The van der Waals surface area contributed by atoms with Crippen molar-refractivity contribution < 1.29 is 8.42 Å². The van der Waals surface area contributed by atoms with Crippen molar-refractivity contribution in [3.05, 3.63) is 21.1 Å². The van der Waals surface area contributed by atoms with E-state index in [9.17, 15) is 8.42 Å². The molecule has 20 heavy (non-hydrogen) atoms. The molecule has 1 aromatic rings. The molecule has 2 rings (SSSR count). The fourth-order valence-electron chi connectivity index (χ4n) is 2.44. The van der Waals surface area contributed by atoms with E-state index in [1.54, 1.807) is 16.4 Å². The molecule has 0 unspecified atom stereocenters. The Kier molecular flexibility index (Phi) is 5.50. The average Bonchev–Trinajstić information content (AvgIpc) is 2.25. The van der Waals surface area contributed by atoms with Gasteiger partial charge in [0.05, 0.1) is 5.69 Å². The van der Waals surface area contributed by atoms with E-state index in [0.29, 0.717) is 17.6 Å². The third kappa shape index (κ3) is 3.55. The fraction of sp³-hybridized carbons (Fsp3) is 0.538. The lowest BCUT2D eigenvalue weighted by Gasteiger charge is -2.25. The number of benzene rings is 1. The van der Waals surface area contributed by atoms with Crippen LogP contribution < -0.4 is 5.73 Å². The zero-order valence-electron chi connectivity index (χ0n) is 11.1. The van der Waals surface area contributed by atoms with Crippen molar-refractivity contribution in [2.24, 2.45) is 0 Å². The average molecular weight is 426 g/mol. The fourth-order valence-corrected chi connectivity index (χ4v) is 5.97. The first-order valence-corrected chi connectivity index (χ1v) is 9.70. The Balaban J connectivity index is 2.38. The topological polar surface area (TPSA) is 63.4 Å². The van der Waals surface area contributed by atoms with Crippen LogP contribution >= 0.6 is 31.9 Å². The highest BCUT2D eigenvalue weighted by Crippen LogP contribution is 2.34. The minimum absolute atomic E-state index is 0.182. The molecule has 1 saturated heterocycles. The van der Waals surface area contributed by atoms with Gasteiger partial charge in [0.25, 0.3) is 0 Å². The van der Waals surface area contributed by atoms with Gasteiger partial charge in [0.15, 0.2) is 0 Å². The quantitative estimate of drug-likeness (QED) is 0.733. The first-order valence-electron chi connectivity index (χ1n) is 6.67. The second-order valence-electron chi connectivity index (χ2n) is 4.98. The molecule has 1 aromatic carbocycles. The van der Waals surface area contributed by atoms with Crippen LogP contribution in [0.1, 0.15) is 32.1 Å². The summed E-state index contributed by atoms with van der Waals surface area (Å²) in [4.78, 5) is 0.182. The molecule has 0 bridgehead atoms. The lowest BCUT2D eigenvalue weighted by atomic mass is 10.1. The van der Waals surface area contributed by atoms with E-state index in [2.05, 4.69) is 31.9 Å². The molecule has 1 aliphatic heterocycles. The predicted molar refractivity (Wildman–Crippen MR) is 88.1 cm³/mol. The number of nitrogen functional groups attached to an aromatic ring is 1. The van der Waals surface area contributed by atoms with Crippen molar-refractivity contribution in [1.82, 2.24) is 4.31 Å². The molecule has 0 aromatic heterocycles. The van der Waals surface area contributed by atoms with Gasteiger partial charge in [0.2, 0.25) is 10.0 Å². The van der Waals surface area contributed by atoms with E-state index in [4.69, 9.17) is 5.73 Å². The van der Waals surface area contributed by atoms with Gasteiger partial charge in [-0.05, 0) is 40.9 Å². The van der Waals surface area contributed by atoms with Crippen LogP contribution in [0.5, 0.6) is 0 Å². The van der Waals surface area contributed by atoms with Crippen molar-refractivity contribution in [2.45, 2.75) is 37.0 Å². The summed E-state index contributed by atoms with van der Waals surface area (Å²) >= 11 is 6.63. The van der Waals surface area contributed by atoms with Crippen molar-refractivity contribution >= 4 is 47.6 Å². The summed E-state index contributed by atoms with van der Waals surface area (Å²) in [7, 11) is -3.54. The normalized spacial score (nSPS) is 18.5. The largest absolute Gasteiger partial charge is 0.398 e. The van der Waals surface area contributed by atoms with Crippen molar-refractivity contribution in [3.8, 4) is 0 Å². The third-order valence-electron chi connectivity index (χ3n) is 3.45. The highest BCUT2D eigenvalue weighted by Gasteiger charge is 2.29. The second kappa shape index (κ2) is 6.77. The number of halogens is 2. The molecule has 0 atom stereocenters. The molecule has 112 valence electrons. The van der Waals surface area contributed by atoms with Gasteiger partial charge in [-0.2, -0.15) is 4.31 Å². The molecule has 0 amide bonds. The van der Waals surface area contributed by atoms with Gasteiger partial charge in [-0.1, -0.05) is 35.2 Å². The van der Waals surface area contributed by atoms with Crippen LogP contribution in [-0.4, -0.2) is 25.8 Å². The number of rotatable bonds is 2. The van der Waals surface area contributed by atoms with Crippen molar-refractivity contribution in [3.63, 3.8) is 0 Å². The smallest absolute Gasteiger partial charge is 0.246 e. The zero-order valence-corrected chi connectivity index (χ0v) is 15.1. The number of hydrogen-bond acceptors (Lipinski definition) is 3. The first kappa shape index (κ1) is 16.3.